The fourth-order valence-electron chi connectivity index (χ4n) is 2.69. The molecule has 3 amide bonds. The highest BCUT2D eigenvalue weighted by atomic mass is 16.5. The molecule has 144 valence electrons. The summed E-state index contributed by atoms with van der Waals surface area (Å²) < 4.78 is 7.07. The Morgan fingerprint density at radius 3 is 2.41 bits per heavy atom. The Labute approximate surface area is 158 Å². The molecule has 0 bridgehead atoms. The third kappa shape index (κ3) is 5.70. The number of ether oxygens (including phenoxy) is 1. The SMILES string of the molecule is Cc1cc(C(=O)OCC(=O)NC(=O)NC(C)C)c(C)n1Cc1ccccc1. The predicted molar refractivity (Wildman–Crippen MR) is 102 cm³/mol. The number of aryl methyl sites for hydroxylation is 1. The number of aromatic nitrogens is 1. The smallest absolute Gasteiger partial charge is 0.340 e. The van der Waals surface area contributed by atoms with Crippen molar-refractivity contribution in [3.63, 3.8) is 0 Å². The zero-order chi connectivity index (χ0) is 20.0. The number of hydrogen-bond acceptors (Lipinski definition) is 4. The Bertz CT molecular complexity index is 825. The maximum Gasteiger partial charge on any atom is 0.340 e. The summed E-state index contributed by atoms with van der Waals surface area (Å²) in [6, 6.07) is 10.9. The number of amides is 3. The Kier molecular flexibility index (Phi) is 6.76. The second-order valence-electron chi connectivity index (χ2n) is 6.61. The van der Waals surface area contributed by atoms with E-state index >= 15 is 0 Å². The quantitative estimate of drug-likeness (QED) is 0.764. The first-order chi connectivity index (χ1) is 12.8. The number of carbonyl (C=O) groups excluding carboxylic acids is 3. The normalized spacial score (nSPS) is 10.6. The van der Waals surface area contributed by atoms with E-state index in [1.165, 1.54) is 0 Å². The molecule has 7 heteroatoms. The lowest BCUT2D eigenvalue weighted by atomic mass is 10.2. The first kappa shape index (κ1) is 20.2. The van der Waals surface area contributed by atoms with Crippen LogP contribution in [0.5, 0.6) is 0 Å². The van der Waals surface area contributed by atoms with E-state index in [4.69, 9.17) is 4.74 Å². The van der Waals surface area contributed by atoms with Gasteiger partial charge in [0.25, 0.3) is 5.91 Å². The highest BCUT2D eigenvalue weighted by Gasteiger charge is 2.19. The maximum absolute atomic E-state index is 12.3. The molecule has 0 saturated heterocycles. The van der Waals surface area contributed by atoms with E-state index in [9.17, 15) is 14.4 Å². The van der Waals surface area contributed by atoms with E-state index in [0.717, 1.165) is 17.0 Å². The van der Waals surface area contributed by atoms with Gasteiger partial charge >= 0.3 is 12.0 Å². The summed E-state index contributed by atoms with van der Waals surface area (Å²) in [5.74, 6) is -1.28. The summed E-state index contributed by atoms with van der Waals surface area (Å²) in [5, 5.41) is 4.63. The molecule has 1 heterocycles. The molecule has 0 spiro atoms. The van der Waals surface area contributed by atoms with Crippen LogP contribution in [-0.4, -0.2) is 35.1 Å². The van der Waals surface area contributed by atoms with Gasteiger partial charge in [-0.2, -0.15) is 0 Å². The average Bonchev–Trinajstić information content (AvgIpc) is 2.88. The van der Waals surface area contributed by atoms with Gasteiger partial charge in [0.2, 0.25) is 0 Å². The predicted octanol–water partition coefficient (Wildman–Crippen LogP) is 2.54. The van der Waals surface area contributed by atoms with Crippen LogP contribution >= 0.6 is 0 Å². The minimum Gasteiger partial charge on any atom is -0.452 e. The van der Waals surface area contributed by atoms with Crippen LogP contribution in [0.4, 0.5) is 4.79 Å². The van der Waals surface area contributed by atoms with E-state index in [2.05, 4.69) is 10.6 Å². The second-order valence-corrected chi connectivity index (χ2v) is 6.61. The number of imide groups is 1. The van der Waals surface area contributed by atoms with Crippen molar-refractivity contribution < 1.29 is 19.1 Å². The molecular weight excluding hydrogens is 346 g/mol. The van der Waals surface area contributed by atoms with Crippen molar-refractivity contribution in [2.45, 2.75) is 40.3 Å². The topological polar surface area (TPSA) is 89.4 Å². The number of nitrogens with zero attached hydrogens (tertiary/aromatic N) is 1. The molecule has 0 radical (unpaired) electrons. The number of carbonyl (C=O) groups is 3. The monoisotopic (exact) mass is 371 g/mol. The third-order valence-corrected chi connectivity index (χ3v) is 3.98. The zero-order valence-corrected chi connectivity index (χ0v) is 16.0. The highest BCUT2D eigenvalue weighted by molar-refractivity contribution is 5.97. The van der Waals surface area contributed by atoms with Gasteiger partial charge in [0.15, 0.2) is 6.61 Å². The Morgan fingerprint density at radius 2 is 1.78 bits per heavy atom. The fourth-order valence-corrected chi connectivity index (χ4v) is 2.69. The van der Waals surface area contributed by atoms with Gasteiger partial charge in [-0.3, -0.25) is 10.1 Å². The first-order valence-corrected chi connectivity index (χ1v) is 8.76. The van der Waals surface area contributed by atoms with Gasteiger partial charge in [-0.05, 0) is 39.3 Å². The van der Waals surface area contributed by atoms with E-state index in [1.807, 2.05) is 48.7 Å². The van der Waals surface area contributed by atoms with E-state index in [1.54, 1.807) is 19.9 Å². The van der Waals surface area contributed by atoms with E-state index in [-0.39, 0.29) is 6.04 Å². The van der Waals surface area contributed by atoms with Crippen LogP contribution in [-0.2, 0) is 16.1 Å². The lowest BCUT2D eigenvalue weighted by molar-refractivity contribution is -0.123. The van der Waals surface area contributed by atoms with Crippen molar-refractivity contribution in [3.8, 4) is 0 Å². The average molecular weight is 371 g/mol. The highest BCUT2D eigenvalue weighted by Crippen LogP contribution is 2.18. The summed E-state index contributed by atoms with van der Waals surface area (Å²) in [6.45, 7) is 7.41. The Hall–Kier alpha value is -3.09. The molecule has 1 aromatic carbocycles. The molecule has 27 heavy (non-hydrogen) atoms. The minimum absolute atomic E-state index is 0.102. The lowest BCUT2D eigenvalue weighted by Gasteiger charge is -2.10. The van der Waals surface area contributed by atoms with Crippen molar-refractivity contribution in [2.24, 2.45) is 0 Å². The fraction of sp³-hybridized carbons (Fsp3) is 0.350. The maximum atomic E-state index is 12.3. The summed E-state index contributed by atoms with van der Waals surface area (Å²) in [7, 11) is 0. The van der Waals surface area contributed by atoms with Gasteiger partial charge in [-0.1, -0.05) is 30.3 Å². The van der Waals surface area contributed by atoms with Crippen LogP contribution in [0.3, 0.4) is 0 Å². The molecule has 2 N–H and O–H groups in total. The molecular formula is C20H25N3O4. The van der Waals surface area contributed by atoms with Gasteiger partial charge in [0.1, 0.15) is 0 Å². The molecule has 0 saturated carbocycles. The third-order valence-electron chi connectivity index (χ3n) is 3.98. The molecule has 1 aromatic heterocycles. The van der Waals surface area contributed by atoms with Crippen molar-refractivity contribution in [2.75, 3.05) is 6.61 Å². The summed E-state index contributed by atoms with van der Waals surface area (Å²) in [5.41, 5.74) is 3.21. The second kappa shape index (κ2) is 9.02. The standard InChI is InChI=1S/C20H25N3O4/c1-13(2)21-20(26)22-18(24)12-27-19(25)17-10-14(3)23(15(17)4)11-16-8-6-5-7-9-16/h5-10,13H,11-12H2,1-4H3,(H2,21,22,24,26). The summed E-state index contributed by atoms with van der Waals surface area (Å²) >= 11 is 0. The Balaban J connectivity index is 1.98. The molecule has 0 atom stereocenters. The minimum atomic E-state index is -0.681. The van der Waals surface area contributed by atoms with Gasteiger partial charge in [-0.15, -0.1) is 0 Å². The molecule has 0 aliphatic carbocycles. The Morgan fingerprint density at radius 1 is 1.11 bits per heavy atom. The lowest BCUT2D eigenvalue weighted by Crippen LogP contribution is -2.44. The van der Waals surface area contributed by atoms with Gasteiger partial charge in [0, 0.05) is 24.0 Å². The van der Waals surface area contributed by atoms with Crippen LogP contribution in [0, 0.1) is 13.8 Å². The number of hydrogen-bond donors (Lipinski definition) is 2. The van der Waals surface area contributed by atoms with Crippen LogP contribution in [0.25, 0.3) is 0 Å². The molecule has 0 unspecified atom stereocenters. The molecule has 0 aliphatic rings. The van der Waals surface area contributed by atoms with Gasteiger partial charge in [0.05, 0.1) is 5.56 Å². The van der Waals surface area contributed by atoms with Crippen molar-refractivity contribution in [3.05, 3.63) is 58.9 Å². The van der Waals surface area contributed by atoms with Crippen molar-refractivity contribution >= 4 is 17.9 Å². The molecule has 0 aliphatic heterocycles. The number of rotatable bonds is 6. The molecule has 7 nitrogen and oxygen atoms in total. The molecule has 0 fully saturated rings. The summed E-state index contributed by atoms with van der Waals surface area (Å²) in [6.07, 6.45) is 0. The van der Waals surface area contributed by atoms with E-state index < -0.39 is 24.5 Å². The van der Waals surface area contributed by atoms with Gasteiger partial charge < -0.3 is 14.6 Å². The largest absolute Gasteiger partial charge is 0.452 e. The first-order valence-electron chi connectivity index (χ1n) is 8.76. The van der Waals surface area contributed by atoms with Crippen LogP contribution in [0.15, 0.2) is 36.4 Å². The number of esters is 1. The summed E-state index contributed by atoms with van der Waals surface area (Å²) in [4.78, 5) is 35.5. The number of benzene rings is 1. The molecule has 2 aromatic rings. The van der Waals surface area contributed by atoms with Crippen LogP contribution < -0.4 is 10.6 Å². The van der Waals surface area contributed by atoms with Crippen molar-refractivity contribution in [1.82, 2.24) is 15.2 Å². The van der Waals surface area contributed by atoms with Crippen molar-refractivity contribution in [1.29, 1.82) is 0 Å². The number of urea groups is 1. The molecule has 2 rings (SSSR count). The zero-order valence-electron chi connectivity index (χ0n) is 16.0. The van der Waals surface area contributed by atoms with Gasteiger partial charge in [-0.25, -0.2) is 9.59 Å². The van der Waals surface area contributed by atoms with Crippen LogP contribution in [0.2, 0.25) is 0 Å². The van der Waals surface area contributed by atoms with Crippen LogP contribution in [0.1, 0.15) is 41.2 Å². The number of nitrogens with one attached hydrogen (secondary N) is 2. The van der Waals surface area contributed by atoms with E-state index in [0.29, 0.717) is 12.1 Å².